The number of hydrogen-bond acceptors (Lipinski definition) is 3. The first-order chi connectivity index (χ1) is 8.84. The van der Waals surface area contributed by atoms with Crippen LogP contribution in [0, 0.1) is 11.3 Å². The second-order valence-corrected chi connectivity index (χ2v) is 7.74. The quantitative estimate of drug-likeness (QED) is 0.855. The predicted octanol–water partition coefficient (Wildman–Crippen LogP) is 2.64. The largest absolute Gasteiger partial charge is 0.370 e. The molecule has 3 heteroatoms. The Labute approximate surface area is 118 Å². The molecule has 1 aliphatic carbocycles. The second-order valence-electron chi connectivity index (χ2n) is 7.74. The molecule has 1 atom stereocenters. The van der Waals surface area contributed by atoms with Crippen LogP contribution < -0.4 is 5.73 Å². The third kappa shape index (κ3) is 3.93. The van der Waals surface area contributed by atoms with Crippen LogP contribution in [0.5, 0.6) is 0 Å². The topological polar surface area (TPSA) is 38.5 Å². The Balaban J connectivity index is 1.98. The molecule has 0 aromatic heterocycles. The van der Waals surface area contributed by atoms with Crippen molar-refractivity contribution >= 4 is 0 Å². The lowest BCUT2D eigenvalue weighted by Crippen LogP contribution is -2.55. The van der Waals surface area contributed by atoms with Crippen molar-refractivity contribution in [3.63, 3.8) is 0 Å². The van der Waals surface area contributed by atoms with Gasteiger partial charge in [-0.2, -0.15) is 0 Å². The van der Waals surface area contributed by atoms with Gasteiger partial charge < -0.3 is 10.5 Å². The number of morpholine rings is 1. The first-order valence-electron chi connectivity index (χ1n) is 7.94. The van der Waals surface area contributed by atoms with Gasteiger partial charge in [-0.1, -0.05) is 19.8 Å². The Morgan fingerprint density at radius 1 is 1.21 bits per heavy atom. The molecule has 2 aliphatic rings. The lowest BCUT2D eigenvalue weighted by Gasteiger charge is -2.47. The van der Waals surface area contributed by atoms with Gasteiger partial charge in [-0.3, -0.25) is 4.90 Å². The minimum atomic E-state index is -0.0184. The summed E-state index contributed by atoms with van der Waals surface area (Å²) in [7, 11) is 0. The smallest absolute Gasteiger partial charge is 0.0757 e. The van der Waals surface area contributed by atoms with E-state index in [1.165, 1.54) is 25.7 Å². The van der Waals surface area contributed by atoms with E-state index in [0.717, 1.165) is 32.1 Å². The number of nitrogens with two attached hydrogens (primary N) is 1. The molecule has 0 bridgehead atoms. The van der Waals surface area contributed by atoms with E-state index in [1.807, 2.05) is 0 Å². The highest BCUT2D eigenvalue weighted by atomic mass is 16.5. The van der Waals surface area contributed by atoms with Gasteiger partial charge >= 0.3 is 0 Å². The molecule has 0 radical (unpaired) electrons. The summed E-state index contributed by atoms with van der Waals surface area (Å²) in [4.78, 5) is 2.59. The zero-order chi connectivity index (χ0) is 14.1. The maximum atomic E-state index is 6.15. The normalized spacial score (nSPS) is 40.3. The van der Waals surface area contributed by atoms with E-state index < -0.39 is 0 Å². The van der Waals surface area contributed by atoms with E-state index in [0.29, 0.717) is 11.5 Å². The van der Waals surface area contributed by atoms with Crippen molar-refractivity contribution in [1.29, 1.82) is 0 Å². The Morgan fingerprint density at radius 3 is 2.37 bits per heavy atom. The Kier molecular flexibility index (Phi) is 4.59. The van der Waals surface area contributed by atoms with E-state index >= 15 is 0 Å². The minimum Gasteiger partial charge on any atom is -0.370 e. The van der Waals surface area contributed by atoms with Crippen molar-refractivity contribution in [2.75, 3.05) is 26.2 Å². The summed E-state index contributed by atoms with van der Waals surface area (Å²) >= 11 is 0. The molecular weight excluding hydrogens is 236 g/mol. The van der Waals surface area contributed by atoms with Gasteiger partial charge in [0.15, 0.2) is 0 Å². The Hall–Kier alpha value is -0.120. The molecule has 112 valence electrons. The SMILES string of the molecule is CC1CCC(CN)(CN2CC(C)OC(C)(C)C2)CC1. The van der Waals surface area contributed by atoms with Gasteiger partial charge in [0, 0.05) is 19.6 Å². The molecule has 2 N–H and O–H groups in total. The van der Waals surface area contributed by atoms with Crippen LogP contribution in [-0.2, 0) is 4.74 Å². The monoisotopic (exact) mass is 268 g/mol. The molecule has 2 fully saturated rings. The standard InChI is InChI=1S/C16H32N2O/c1-13-5-7-16(10-17,8-6-13)12-18-9-14(2)19-15(3,4)11-18/h13-14H,5-12,17H2,1-4H3. The van der Waals surface area contributed by atoms with Crippen LogP contribution >= 0.6 is 0 Å². The van der Waals surface area contributed by atoms with Crippen molar-refractivity contribution < 1.29 is 4.74 Å². The van der Waals surface area contributed by atoms with Crippen molar-refractivity contribution in [2.45, 2.75) is 65.1 Å². The van der Waals surface area contributed by atoms with Gasteiger partial charge in [0.05, 0.1) is 11.7 Å². The summed E-state index contributed by atoms with van der Waals surface area (Å²) < 4.78 is 6.00. The van der Waals surface area contributed by atoms with Gasteiger partial charge in [-0.15, -0.1) is 0 Å². The fraction of sp³-hybridized carbons (Fsp3) is 1.00. The molecule has 2 rings (SSSR count). The average Bonchev–Trinajstić information content (AvgIpc) is 2.30. The van der Waals surface area contributed by atoms with E-state index in [2.05, 4.69) is 32.6 Å². The van der Waals surface area contributed by atoms with Crippen molar-refractivity contribution in [1.82, 2.24) is 4.90 Å². The van der Waals surface area contributed by atoms with Crippen LogP contribution in [0.1, 0.15) is 53.4 Å². The van der Waals surface area contributed by atoms with Crippen molar-refractivity contribution in [3.8, 4) is 0 Å². The van der Waals surface area contributed by atoms with Crippen LogP contribution in [-0.4, -0.2) is 42.8 Å². The molecule has 19 heavy (non-hydrogen) atoms. The highest BCUT2D eigenvalue weighted by Gasteiger charge is 2.38. The number of hydrogen-bond donors (Lipinski definition) is 1. The maximum Gasteiger partial charge on any atom is 0.0757 e. The summed E-state index contributed by atoms with van der Waals surface area (Å²) in [6, 6.07) is 0. The van der Waals surface area contributed by atoms with E-state index in [9.17, 15) is 0 Å². The molecule has 1 aliphatic heterocycles. The number of ether oxygens (including phenoxy) is 1. The molecule has 1 saturated carbocycles. The minimum absolute atomic E-state index is 0.0184. The zero-order valence-corrected chi connectivity index (χ0v) is 13.2. The molecule has 0 spiro atoms. The Morgan fingerprint density at radius 2 is 1.84 bits per heavy atom. The summed E-state index contributed by atoms with van der Waals surface area (Å²) in [5.41, 5.74) is 6.49. The number of nitrogens with zero attached hydrogens (tertiary/aromatic N) is 1. The van der Waals surface area contributed by atoms with Gasteiger partial charge in [0.2, 0.25) is 0 Å². The van der Waals surface area contributed by atoms with Crippen molar-refractivity contribution in [2.24, 2.45) is 17.1 Å². The lowest BCUT2D eigenvalue weighted by molar-refractivity contribution is -0.136. The zero-order valence-electron chi connectivity index (χ0n) is 13.2. The van der Waals surface area contributed by atoms with Crippen LogP contribution in [0.4, 0.5) is 0 Å². The third-order valence-electron chi connectivity index (χ3n) is 4.97. The molecule has 3 nitrogen and oxygen atoms in total. The summed E-state index contributed by atoms with van der Waals surface area (Å²) in [6.45, 7) is 13.1. The summed E-state index contributed by atoms with van der Waals surface area (Å²) in [6.07, 6.45) is 5.63. The fourth-order valence-electron chi connectivity index (χ4n) is 3.98. The molecule has 0 amide bonds. The molecule has 1 saturated heterocycles. The molecule has 1 unspecified atom stereocenters. The molecule has 0 aromatic carbocycles. The van der Waals surface area contributed by atoms with Crippen LogP contribution in [0.25, 0.3) is 0 Å². The first-order valence-corrected chi connectivity index (χ1v) is 7.94. The molecule has 0 aromatic rings. The van der Waals surface area contributed by atoms with Crippen LogP contribution in [0.15, 0.2) is 0 Å². The number of rotatable bonds is 3. The van der Waals surface area contributed by atoms with E-state index in [-0.39, 0.29) is 5.60 Å². The Bertz CT molecular complexity index is 295. The van der Waals surface area contributed by atoms with Crippen LogP contribution in [0.3, 0.4) is 0 Å². The summed E-state index contributed by atoms with van der Waals surface area (Å²) in [5.74, 6) is 0.889. The second kappa shape index (κ2) is 5.71. The van der Waals surface area contributed by atoms with Gasteiger partial charge in [0.1, 0.15) is 0 Å². The fourth-order valence-corrected chi connectivity index (χ4v) is 3.98. The van der Waals surface area contributed by atoms with Crippen molar-refractivity contribution in [3.05, 3.63) is 0 Å². The highest BCUT2D eigenvalue weighted by molar-refractivity contribution is 4.91. The van der Waals surface area contributed by atoms with Gasteiger partial charge in [-0.05, 0) is 51.5 Å². The lowest BCUT2D eigenvalue weighted by atomic mass is 9.70. The third-order valence-corrected chi connectivity index (χ3v) is 4.97. The van der Waals surface area contributed by atoms with Gasteiger partial charge in [-0.25, -0.2) is 0 Å². The predicted molar refractivity (Wildman–Crippen MR) is 80.2 cm³/mol. The highest BCUT2D eigenvalue weighted by Crippen LogP contribution is 2.39. The molecule has 1 heterocycles. The van der Waals surface area contributed by atoms with Crippen LogP contribution in [0.2, 0.25) is 0 Å². The molecular formula is C16H32N2O. The van der Waals surface area contributed by atoms with E-state index in [4.69, 9.17) is 10.5 Å². The maximum absolute atomic E-state index is 6.15. The average molecular weight is 268 g/mol. The summed E-state index contributed by atoms with van der Waals surface area (Å²) in [5, 5.41) is 0. The van der Waals surface area contributed by atoms with Gasteiger partial charge in [0.25, 0.3) is 0 Å². The first kappa shape index (κ1) is 15.3. The van der Waals surface area contributed by atoms with E-state index in [1.54, 1.807) is 0 Å².